The van der Waals surface area contributed by atoms with E-state index >= 15 is 0 Å². The fourth-order valence-corrected chi connectivity index (χ4v) is 3.42. The minimum atomic E-state index is -0.623. The molecule has 0 spiro atoms. The molecule has 4 heteroatoms. The zero-order valence-corrected chi connectivity index (χ0v) is 11.7. The molecule has 0 bridgehead atoms. The monoisotopic (exact) mass is 274 g/mol. The molecule has 2 aliphatic heterocycles. The molecular formula is C16H22N2O2. The molecule has 2 fully saturated rings. The largest absolute Gasteiger partial charge is 0.481 e. The lowest BCUT2D eigenvalue weighted by Crippen LogP contribution is -2.44. The van der Waals surface area contributed by atoms with Gasteiger partial charge in [-0.05, 0) is 44.5 Å². The number of anilines is 1. The van der Waals surface area contributed by atoms with Crippen LogP contribution in [0, 0.1) is 5.92 Å². The highest BCUT2D eigenvalue weighted by Gasteiger charge is 2.32. The number of likely N-dealkylation sites (tertiary alicyclic amines) is 1. The number of carboxylic acid groups (broad SMARTS) is 1. The molecule has 0 saturated carbocycles. The Hall–Kier alpha value is -1.55. The maximum absolute atomic E-state index is 11.0. The second-order valence-corrected chi connectivity index (χ2v) is 5.87. The normalized spacial score (nSPS) is 25.0. The summed E-state index contributed by atoms with van der Waals surface area (Å²) in [5.41, 5.74) is 1.30. The number of benzene rings is 1. The maximum atomic E-state index is 11.0. The number of hydrogen-bond donors (Lipinski definition) is 1. The highest BCUT2D eigenvalue weighted by Crippen LogP contribution is 2.26. The third kappa shape index (κ3) is 2.80. The van der Waals surface area contributed by atoms with Crippen LogP contribution in [0.15, 0.2) is 30.3 Å². The van der Waals surface area contributed by atoms with Gasteiger partial charge in [0.15, 0.2) is 0 Å². The lowest BCUT2D eigenvalue weighted by Gasteiger charge is -2.34. The van der Waals surface area contributed by atoms with Gasteiger partial charge >= 0.3 is 5.97 Å². The number of carboxylic acids is 1. The summed E-state index contributed by atoms with van der Waals surface area (Å²) in [5.74, 6) is -0.750. The van der Waals surface area contributed by atoms with Gasteiger partial charge in [-0.2, -0.15) is 0 Å². The van der Waals surface area contributed by atoms with Crippen LogP contribution in [0.25, 0.3) is 0 Å². The summed E-state index contributed by atoms with van der Waals surface area (Å²) in [6.45, 7) is 4.05. The van der Waals surface area contributed by atoms with E-state index in [1.807, 2.05) is 6.07 Å². The number of aliphatic carboxylic acids is 1. The van der Waals surface area contributed by atoms with Crippen LogP contribution in [0.5, 0.6) is 0 Å². The van der Waals surface area contributed by atoms with Crippen LogP contribution in [0.4, 0.5) is 5.69 Å². The van der Waals surface area contributed by atoms with Crippen molar-refractivity contribution in [3.8, 4) is 0 Å². The van der Waals surface area contributed by atoms with Crippen molar-refractivity contribution < 1.29 is 9.90 Å². The van der Waals surface area contributed by atoms with Gasteiger partial charge in [-0.1, -0.05) is 18.2 Å². The van der Waals surface area contributed by atoms with Crippen LogP contribution in [-0.2, 0) is 4.79 Å². The molecule has 1 N–H and O–H groups in total. The average Bonchev–Trinajstić information content (AvgIpc) is 2.98. The van der Waals surface area contributed by atoms with Crippen LogP contribution in [0.3, 0.4) is 0 Å². The lowest BCUT2D eigenvalue weighted by atomic mass is 9.96. The molecule has 0 unspecified atom stereocenters. The minimum Gasteiger partial charge on any atom is -0.481 e. The molecule has 20 heavy (non-hydrogen) atoms. The first kappa shape index (κ1) is 13.4. The van der Waals surface area contributed by atoms with E-state index in [-0.39, 0.29) is 5.92 Å². The number of rotatable bonds is 3. The van der Waals surface area contributed by atoms with Crippen molar-refractivity contribution in [1.29, 1.82) is 0 Å². The number of nitrogens with zero attached hydrogens (tertiary/aromatic N) is 2. The number of piperidine rings is 1. The average molecular weight is 274 g/mol. The Morgan fingerprint density at radius 1 is 1.05 bits per heavy atom. The van der Waals surface area contributed by atoms with Gasteiger partial charge in [0.2, 0.25) is 0 Å². The van der Waals surface area contributed by atoms with Crippen LogP contribution in [-0.4, -0.2) is 48.2 Å². The van der Waals surface area contributed by atoms with Gasteiger partial charge in [-0.3, -0.25) is 9.69 Å². The molecule has 0 radical (unpaired) electrons. The first-order valence-electron chi connectivity index (χ1n) is 7.51. The van der Waals surface area contributed by atoms with Crippen molar-refractivity contribution in [2.75, 3.05) is 31.1 Å². The van der Waals surface area contributed by atoms with Gasteiger partial charge in [-0.25, -0.2) is 0 Å². The van der Waals surface area contributed by atoms with Crippen LogP contribution in [0.2, 0.25) is 0 Å². The summed E-state index contributed by atoms with van der Waals surface area (Å²) in [4.78, 5) is 15.9. The van der Waals surface area contributed by atoms with Crippen LogP contribution < -0.4 is 4.90 Å². The second kappa shape index (κ2) is 5.83. The molecule has 3 rings (SSSR count). The smallest absolute Gasteiger partial charge is 0.306 e. The third-order valence-corrected chi connectivity index (χ3v) is 4.68. The summed E-state index contributed by atoms with van der Waals surface area (Å²) >= 11 is 0. The van der Waals surface area contributed by atoms with Crippen LogP contribution in [0.1, 0.15) is 19.3 Å². The van der Waals surface area contributed by atoms with Crippen molar-refractivity contribution in [3.05, 3.63) is 30.3 Å². The van der Waals surface area contributed by atoms with Crippen molar-refractivity contribution in [1.82, 2.24) is 4.90 Å². The van der Waals surface area contributed by atoms with Crippen molar-refractivity contribution >= 4 is 11.7 Å². The van der Waals surface area contributed by atoms with E-state index in [1.54, 1.807) is 0 Å². The van der Waals surface area contributed by atoms with E-state index in [4.69, 9.17) is 5.11 Å². The summed E-state index contributed by atoms with van der Waals surface area (Å²) in [6.07, 6.45) is 2.79. The van der Waals surface area contributed by atoms with E-state index in [2.05, 4.69) is 34.1 Å². The second-order valence-electron chi connectivity index (χ2n) is 5.87. The molecule has 2 heterocycles. The topological polar surface area (TPSA) is 43.8 Å². The zero-order chi connectivity index (χ0) is 13.9. The van der Waals surface area contributed by atoms with Crippen molar-refractivity contribution in [2.45, 2.75) is 25.3 Å². The zero-order valence-electron chi connectivity index (χ0n) is 11.7. The molecule has 2 saturated heterocycles. The molecule has 0 aromatic heterocycles. The van der Waals surface area contributed by atoms with Crippen LogP contribution >= 0.6 is 0 Å². The van der Waals surface area contributed by atoms with Crippen molar-refractivity contribution in [3.63, 3.8) is 0 Å². The molecule has 1 aromatic rings. The minimum absolute atomic E-state index is 0.127. The fraction of sp³-hybridized carbons (Fsp3) is 0.562. The van der Waals surface area contributed by atoms with Gasteiger partial charge in [0.05, 0.1) is 5.92 Å². The summed E-state index contributed by atoms with van der Waals surface area (Å²) in [5, 5.41) is 9.05. The Kier molecular flexibility index (Phi) is 3.92. The maximum Gasteiger partial charge on any atom is 0.306 e. The Morgan fingerprint density at radius 3 is 2.40 bits per heavy atom. The predicted molar refractivity (Wildman–Crippen MR) is 79.0 cm³/mol. The molecule has 2 aliphatic rings. The standard InChI is InChI=1S/C16H22N2O2/c19-16(20)13-6-9-17(10-7-13)15-8-11-18(12-15)14-4-2-1-3-5-14/h1-5,13,15H,6-12H2,(H,19,20)/t15-/m0/s1. The SMILES string of the molecule is O=C(O)C1CCN([C@H]2CCN(c3ccccc3)C2)CC1. The Bertz CT molecular complexity index is 455. The fourth-order valence-electron chi connectivity index (χ4n) is 3.42. The van der Waals surface area contributed by atoms with Gasteiger partial charge in [-0.15, -0.1) is 0 Å². The highest BCUT2D eigenvalue weighted by molar-refractivity contribution is 5.70. The highest BCUT2D eigenvalue weighted by atomic mass is 16.4. The molecule has 0 amide bonds. The van der Waals surface area contributed by atoms with Crippen molar-refractivity contribution in [2.24, 2.45) is 5.92 Å². The van der Waals surface area contributed by atoms with Gasteiger partial charge < -0.3 is 10.0 Å². The van der Waals surface area contributed by atoms with E-state index in [0.29, 0.717) is 6.04 Å². The van der Waals surface area contributed by atoms with Gasteiger partial charge in [0.1, 0.15) is 0 Å². The van der Waals surface area contributed by atoms with E-state index in [1.165, 1.54) is 12.1 Å². The third-order valence-electron chi connectivity index (χ3n) is 4.68. The number of carbonyl (C=O) groups is 1. The summed E-state index contributed by atoms with van der Waals surface area (Å²) in [6, 6.07) is 11.1. The molecule has 1 aromatic carbocycles. The molecule has 108 valence electrons. The van der Waals surface area contributed by atoms with E-state index in [0.717, 1.165) is 39.0 Å². The van der Waals surface area contributed by atoms with Gasteiger partial charge in [0.25, 0.3) is 0 Å². The van der Waals surface area contributed by atoms with Gasteiger partial charge in [0, 0.05) is 24.8 Å². The quantitative estimate of drug-likeness (QED) is 0.916. The Morgan fingerprint density at radius 2 is 1.75 bits per heavy atom. The molecule has 1 atom stereocenters. The lowest BCUT2D eigenvalue weighted by molar-refractivity contribution is -0.143. The molecule has 4 nitrogen and oxygen atoms in total. The van der Waals surface area contributed by atoms with E-state index in [9.17, 15) is 4.79 Å². The number of para-hydroxylation sites is 1. The Labute approximate surface area is 120 Å². The Balaban J connectivity index is 1.55. The first-order chi connectivity index (χ1) is 9.74. The summed E-state index contributed by atoms with van der Waals surface area (Å²) in [7, 11) is 0. The predicted octanol–water partition coefficient (Wildman–Crippen LogP) is 2.06. The molecular weight excluding hydrogens is 252 g/mol. The molecule has 0 aliphatic carbocycles. The first-order valence-corrected chi connectivity index (χ1v) is 7.51. The number of hydrogen-bond acceptors (Lipinski definition) is 3. The summed E-state index contributed by atoms with van der Waals surface area (Å²) < 4.78 is 0. The van der Waals surface area contributed by atoms with E-state index < -0.39 is 5.97 Å².